The third-order valence-corrected chi connectivity index (χ3v) is 1.77. The second kappa shape index (κ2) is 2.25. The summed E-state index contributed by atoms with van der Waals surface area (Å²) in [5.74, 6) is 2.52. The van der Waals surface area contributed by atoms with Crippen LogP contribution < -0.4 is 0 Å². The van der Waals surface area contributed by atoms with Crippen molar-refractivity contribution in [2.45, 2.75) is 6.42 Å². The van der Waals surface area contributed by atoms with E-state index < -0.39 is 0 Å². The van der Waals surface area contributed by atoms with Crippen molar-refractivity contribution in [3.05, 3.63) is 35.2 Å². The lowest BCUT2D eigenvalue weighted by Crippen LogP contribution is -1.90. The van der Waals surface area contributed by atoms with Gasteiger partial charge >= 0.3 is 0 Å². The van der Waals surface area contributed by atoms with Crippen LogP contribution in [-0.2, 0) is 6.42 Å². The van der Waals surface area contributed by atoms with Crippen LogP contribution >= 0.6 is 0 Å². The molecular formula is C10H7N. The van der Waals surface area contributed by atoms with Crippen LogP contribution in [-0.4, -0.2) is 4.98 Å². The molecule has 0 amide bonds. The maximum Gasteiger partial charge on any atom is 0.113 e. The van der Waals surface area contributed by atoms with Gasteiger partial charge in [-0.1, -0.05) is 24.1 Å². The number of allylic oxidation sites excluding steroid dienone is 1. The van der Waals surface area contributed by atoms with Crippen LogP contribution in [0.1, 0.15) is 17.0 Å². The molecular weight excluding hydrogens is 134 g/mol. The van der Waals surface area contributed by atoms with Gasteiger partial charge in [0.1, 0.15) is 5.69 Å². The zero-order valence-corrected chi connectivity index (χ0v) is 6.04. The second-order valence-corrected chi connectivity index (χ2v) is 2.48. The Kier molecular flexibility index (Phi) is 1.26. The molecule has 0 spiro atoms. The minimum atomic E-state index is 0.729. The number of pyridine rings is 1. The highest BCUT2D eigenvalue weighted by atomic mass is 14.7. The van der Waals surface area contributed by atoms with Gasteiger partial charge in [-0.3, -0.25) is 0 Å². The molecule has 0 atom stereocenters. The molecule has 0 N–H and O–H groups in total. The molecule has 0 saturated heterocycles. The Morgan fingerprint density at radius 2 is 2.36 bits per heavy atom. The first-order chi connectivity index (χ1) is 5.40. The Bertz CT molecular complexity index is 356. The smallest absolute Gasteiger partial charge is 0.113 e. The summed E-state index contributed by atoms with van der Waals surface area (Å²) in [5, 5.41) is 0. The highest BCUT2D eigenvalue weighted by molar-refractivity contribution is 5.58. The fourth-order valence-electron chi connectivity index (χ4n) is 1.21. The van der Waals surface area contributed by atoms with Gasteiger partial charge in [0.2, 0.25) is 0 Å². The maximum atomic E-state index is 5.21. The van der Waals surface area contributed by atoms with Gasteiger partial charge in [0.15, 0.2) is 0 Å². The Morgan fingerprint density at radius 1 is 1.45 bits per heavy atom. The van der Waals surface area contributed by atoms with Gasteiger partial charge in [-0.05, 0) is 11.6 Å². The Balaban J connectivity index is 2.56. The highest BCUT2D eigenvalue weighted by Crippen LogP contribution is 2.16. The summed E-state index contributed by atoms with van der Waals surface area (Å²) in [7, 11) is 0. The monoisotopic (exact) mass is 141 g/mol. The predicted molar refractivity (Wildman–Crippen MR) is 44.9 cm³/mol. The molecule has 11 heavy (non-hydrogen) atoms. The topological polar surface area (TPSA) is 12.9 Å². The van der Waals surface area contributed by atoms with E-state index in [1.54, 1.807) is 0 Å². The third-order valence-electron chi connectivity index (χ3n) is 1.77. The fraction of sp³-hybridized carbons (Fsp3) is 0.100. The first-order valence-electron chi connectivity index (χ1n) is 3.53. The molecule has 1 heteroatoms. The van der Waals surface area contributed by atoms with Crippen molar-refractivity contribution >= 4 is 6.08 Å². The van der Waals surface area contributed by atoms with Crippen molar-refractivity contribution < 1.29 is 0 Å². The maximum absolute atomic E-state index is 5.21. The molecule has 1 aliphatic carbocycles. The van der Waals surface area contributed by atoms with E-state index in [2.05, 4.69) is 23.1 Å². The average Bonchev–Trinajstić information content (AvgIpc) is 2.50. The van der Waals surface area contributed by atoms with E-state index in [9.17, 15) is 0 Å². The summed E-state index contributed by atoms with van der Waals surface area (Å²) in [4.78, 5) is 4.27. The van der Waals surface area contributed by atoms with E-state index in [0.29, 0.717) is 0 Å². The highest BCUT2D eigenvalue weighted by Gasteiger charge is 2.05. The molecule has 0 radical (unpaired) electrons. The summed E-state index contributed by atoms with van der Waals surface area (Å²) < 4.78 is 0. The molecule has 52 valence electrons. The number of fused-ring (bicyclic) bond motifs is 1. The van der Waals surface area contributed by atoms with Gasteiger partial charge in [-0.25, -0.2) is 4.98 Å². The average molecular weight is 141 g/mol. The van der Waals surface area contributed by atoms with Crippen molar-refractivity contribution in [2.75, 3.05) is 0 Å². The molecule has 1 aromatic heterocycles. The van der Waals surface area contributed by atoms with Gasteiger partial charge in [0.25, 0.3) is 0 Å². The van der Waals surface area contributed by atoms with Gasteiger partial charge < -0.3 is 0 Å². The van der Waals surface area contributed by atoms with Crippen LogP contribution in [0.2, 0.25) is 0 Å². The van der Waals surface area contributed by atoms with Gasteiger partial charge in [0, 0.05) is 6.42 Å². The lowest BCUT2D eigenvalue weighted by Gasteiger charge is -1.96. The van der Waals surface area contributed by atoms with E-state index in [0.717, 1.165) is 17.8 Å². The van der Waals surface area contributed by atoms with Gasteiger partial charge in [0.05, 0.1) is 5.69 Å². The molecule has 0 unspecified atom stereocenters. The molecule has 1 aliphatic rings. The quantitative estimate of drug-likeness (QED) is 0.500. The normalized spacial score (nSPS) is 12.6. The van der Waals surface area contributed by atoms with Crippen molar-refractivity contribution in [3.63, 3.8) is 0 Å². The molecule has 1 heterocycles. The first kappa shape index (κ1) is 6.18. The van der Waals surface area contributed by atoms with E-state index in [-0.39, 0.29) is 0 Å². The van der Waals surface area contributed by atoms with E-state index >= 15 is 0 Å². The predicted octanol–water partition coefficient (Wildman–Crippen LogP) is 1.63. The van der Waals surface area contributed by atoms with E-state index in [1.165, 1.54) is 5.56 Å². The number of nitrogens with zero attached hydrogens (tertiary/aromatic N) is 1. The number of aromatic nitrogens is 1. The van der Waals surface area contributed by atoms with Crippen LogP contribution in [0.4, 0.5) is 0 Å². The zero-order chi connectivity index (χ0) is 7.68. The number of hydrogen-bond acceptors (Lipinski definition) is 1. The summed E-state index contributed by atoms with van der Waals surface area (Å²) in [6.07, 6.45) is 10.3. The number of hydrogen-bond donors (Lipinski definition) is 0. The molecule has 2 rings (SSSR count). The summed E-state index contributed by atoms with van der Waals surface area (Å²) in [6.45, 7) is 0. The SMILES string of the molecule is C#Cc1ccc2c(n1)CC=C2. The second-order valence-electron chi connectivity index (χ2n) is 2.48. The van der Waals surface area contributed by atoms with Crippen LogP contribution in [0.15, 0.2) is 18.2 Å². The summed E-state index contributed by atoms with van der Waals surface area (Å²) in [5.41, 5.74) is 3.02. The number of terminal acetylenes is 1. The molecule has 1 aromatic rings. The van der Waals surface area contributed by atoms with Gasteiger partial charge in [-0.2, -0.15) is 0 Å². The molecule has 0 aliphatic heterocycles. The van der Waals surface area contributed by atoms with Crippen molar-refractivity contribution in [2.24, 2.45) is 0 Å². The minimum Gasteiger partial charge on any atom is -0.243 e. The Labute approximate surface area is 65.8 Å². The molecule has 0 fully saturated rings. The van der Waals surface area contributed by atoms with Crippen LogP contribution in [0, 0.1) is 12.3 Å². The lowest BCUT2D eigenvalue weighted by molar-refractivity contribution is 1.11. The summed E-state index contributed by atoms with van der Waals surface area (Å²) in [6, 6.07) is 3.88. The lowest BCUT2D eigenvalue weighted by atomic mass is 10.2. The zero-order valence-electron chi connectivity index (χ0n) is 6.04. The fourth-order valence-corrected chi connectivity index (χ4v) is 1.21. The molecule has 1 nitrogen and oxygen atoms in total. The van der Waals surface area contributed by atoms with Crippen molar-refractivity contribution in [3.8, 4) is 12.3 Å². The third kappa shape index (κ3) is 0.929. The van der Waals surface area contributed by atoms with E-state index in [1.807, 2.05) is 12.1 Å². The van der Waals surface area contributed by atoms with Gasteiger partial charge in [-0.15, -0.1) is 6.42 Å². The van der Waals surface area contributed by atoms with Crippen LogP contribution in [0.5, 0.6) is 0 Å². The largest absolute Gasteiger partial charge is 0.243 e. The Hall–Kier alpha value is -1.55. The summed E-state index contributed by atoms with van der Waals surface area (Å²) >= 11 is 0. The van der Waals surface area contributed by atoms with Crippen molar-refractivity contribution in [1.29, 1.82) is 0 Å². The van der Waals surface area contributed by atoms with Crippen molar-refractivity contribution in [1.82, 2.24) is 4.98 Å². The van der Waals surface area contributed by atoms with E-state index in [4.69, 9.17) is 6.42 Å². The molecule has 0 aromatic carbocycles. The molecule has 0 saturated carbocycles. The Morgan fingerprint density at radius 3 is 3.18 bits per heavy atom. The molecule has 0 bridgehead atoms. The standard InChI is InChI=1S/C10H7N/c1-2-9-7-6-8-4-3-5-10(8)11-9/h1,3-4,6-7H,5H2. The first-order valence-corrected chi connectivity index (χ1v) is 3.53. The van der Waals surface area contributed by atoms with Crippen LogP contribution in [0.25, 0.3) is 6.08 Å². The minimum absolute atomic E-state index is 0.729. The van der Waals surface area contributed by atoms with Crippen LogP contribution in [0.3, 0.4) is 0 Å². The number of rotatable bonds is 0.